The van der Waals surface area contributed by atoms with Gasteiger partial charge in [-0.15, -0.1) is 0 Å². The molecular weight excluding hydrogens is 432 g/mol. The number of fused-ring (bicyclic) bond motifs is 5. The third kappa shape index (κ3) is 5.02. The van der Waals surface area contributed by atoms with Gasteiger partial charge in [-0.25, -0.2) is 9.97 Å². The first-order chi connectivity index (χ1) is 16.5. The fraction of sp³-hybridized carbons (Fsp3) is 0.640. The number of hydrogen-bond acceptors (Lipinski definition) is 8. The maximum absolute atomic E-state index is 13.4. The van der Waals surface area contributed by atoms with Crippen LogP contribution in [0.5, 0.6) is 0 Å². The number of aromatic nitrogens is 2. The predicted octanol–water partition coefficient (Wildman–Crippen LogP) is 2.18. The molecule has 1 aromatic carbocycles. The molecule has 184 valence electrons. The number of carbonyl (C=O) groups excluding carboxylic acids is 1. The number of nitrogens with one attached hydrogen (secondary N) is 2. The molecule has 0 aliphatic carbocycles. The monoisotopic (exact) mass is 468 g/mol. The number of ether oxygens (including phenoxy) is 2. The largest absolute Gasteiger partial charge is 0.358 e. The Kier molecular flexibility index (Phi) is 6.96. The van der Waals surface area contributed by atoms with Crippen molar-refractivity contribution in [2.45, 2.75) is 64.3 Å². The van der Waals surface area contributed by atoms with Gasteiger partial charge in [-0.05, 0) is 37.3 Å². The van der Waals surface area contributed by atoms with Gasteiger partial charge in [0.15, 0.2) is 6.29 Å². The highest BCUT2D eigenvalue weighted by Crippen LogP contribution is 2.25. The van der Waals surface area contributed by atoms with Gasteiger partial charge in [-0.2, -0.15) is 0 Å². The molecule has 3 aliphatic heterocycles. The van der Waals surface area contributed by atoms with Crippen LogP contribution in [0.15, 0.2) is 24.3 Å². The molecule has 34 heavy (non-hydrogen) atoms. The van der Waals surface area contributed by atoms with E-state index in [1.807, 2.05) is 24.3 Å². The maximum Gasteiger partial charge on any atom is 0.244 e. The molecule has 3 unspecified atom stereocenters. The van der Waals surface area contributed by atoms with Crippen LogP contribution in [0, 0.1) is 5.92 Å². The molecule has 5 rings (SSSR count). The van der Waals surface area contributed by atoms with Crippen molar-refractivity contribution in [2.75, 3.05) is 38.6 Å². The van der Waals surface area contributed by atoms with Gasteiger partial charge in [-0.1, -0.05) is 26.0 Å². The zero-order chi connectivity index (χ0) is 23.7. The molecule has 2 bridgehead atoms. The second-order valence-corrected chi connectivity index (χ2v) is 9.98. The van der Waals surface area contributed by atoms with E-state index in [2.05, 4.69) is 34.3 Å². The highest BCUT2D eigenvalue weighted by Gasteiger charge is 2.35. The minimum absolute atomic E-state index is 0.00589. The van der Waals surface area contributed by atoms with Crippen molar-refractivity contribution < 1.29 is 14.3 Å². The molecule has 2 aromatic rings. The lowest BCUT2D eigenvalue weighted by Gasteiger charge is -2.43. The lowest BCUT2D eigenvalue weighted by atomic mass is 10.0. The molecule has 3 aliphatic rings. The van der Waals surface area contributed by atoms with Crippen LogP contribution >= 0.6 is 0 Å². The maximum atomic E-state index is 13.4. The summed E-state index contributed by atoms with van der Waals surface area (Å²) in [5, 5.41) is 7.70. The van der Waals surface area contributed by atoms with Crippen LogP contribution < -0.4 is 10.6 Å². The van der Waals surface area contributed by atoms with Crippen LogP contribution in [-0.4, -0.2) is 83.6 Å². The second-order valence-electron chi connectivity index (χ2n) is 9.98. The summed E-state index contributed by atoms with van der Waals surface area (Å²) in [6, 6.07) is 7.60. The third-order valence-electron chi connectivity index (χ3n) is 7.15. The Morgan fingerprint density at radius 1 is 1.18 bits per heavy atom. The number of piperazine rings is 1. The standard InChI is InChI=1S/C25H36N6O3/c1-16(2)23-25(32)28-21-15-30(13-17-7-6-10-22(33-3)34-17)11-12-31(21)14-20-26-19-9-5-4-8-18(19)24(27-20)29-23/h4-5,8-9,16-17,21-23H,6-7,10-15H2,1-3H3,(H,28,32)(H,26,27,29)/t17?,21?,22?,23-/m0/s1. The molecule has 2 N–H and O–H groups in total. The van der Waals surface area contributed by atoms with Gasteiger partial charge in [0.25, 0.3) is 0 Å². The van der Waals surface area contributed by atoms with E-state index in [-0.39, 0.29) is 36.4 Å². The lowest BCUT2D eigenvalue weighted by molar-refractivity contribution is -0.185. The van der Waals surface area contributed by atoms with Crippen molar-refractivity contribution in [2.24, 2.45) is 5.92 Å². The number of benzene rings is 1. The van der Waals surface area contributed by atoms with E-state index in [0.717, 1.165) is 68.0 Å². The molecule has 9 heteroatoms. The number of carbonyl (C=O) groups is 1. The van der Waals surface area contributed by atoms with Crippen LogP contribution in [0.25, 0.3) is 10.9 Å². The molecule has 9 nitrogen and oxygen atoms in total. The van der Waals surface area contributed by atoms with Crippen LogP contribution in [0.4, 0.5) is 5.82 Å². The minimum atomic E-state index is -0.384. The first-order valence-corrected chi connectivity index (χ1v) is 12.5. The first-order valence-electron chi connectivity index (χ1n) is 12.5. The second kappa shape index (κ2) is 10.1. The normalized spacial score (nSPS) is 28.9. The van der Waals surface area contributed by atoms with Crippen molar-refractivity contribution in [3.63, 3.8) is 0 Å². The zero-order valence-corrected chi connectivity index (χ0v) is 20.4. The smallest absolute Gasteiger partial charge is 0.244 e. The molecule has 2 fully saturated rings. The van der Waals surface area contributed by atoms with Crippen molar-refractivity contribution in [1.29, 1.82) is 0 Å². The molecule has 4 heterocycles. The SMILES string of the molecule is COC1CCCC(CN2CCN3Cc4nc(c5ccccc5n4)N[C@@H](C(C)C)C(=O)NC3C2)O1. The Hall–Kier alpha value is -2.33. The van der Waals surface area contributed by atoms with Gasteiger partial charge in [0.2, 0.25) is 5.91 Å². The van der Waals surface area contributed by atoms with Gasteiger partial charge in [0.05, 0.1) is 24.3 Å². The number of methoxy groups -OCH3 is 1. The number of hydrogen-bond donors (Lipinski definition) is 2. The average Bonchev–Trinajstić information content (AvgIpc) is 2.83. The van der Waals surface area contributed by atoms with E-state index in [1.165, 1.54) is 0 Å². The van der Waals surface area contributed by atoms with E-state index >= 15 is 0 Å². The fourth-order valence-corrected chi connectivity index (χ4v) is 5.25. The summed E-state index contributed by atoms with van der Waals surface area (Å²) in [7, 11) is 1.71. The summed E-state index contributed by atoms with van der Waals surface area (Å²) in [6.45, 7) is 8.05. The lowest BCUT2D eigenvalue weighted by Crippen LogP contribution is -2.63. The summed E-state index contributed by atoms with van der Waals surface area (Å²) < 4.78 is 11.5. The topological polar surface area (TPSA) is 91.9 Å². The number of anilines is 1. The summed E-state index contributed by atoms with van der Waals surface area (Å²) in [5.74, 6) is 1.61. The Balaban J connectivity index is 1.39. The van der Waals surface area contributed by atoms with Crippen molar-refractivity contribution in [3.05, 3.63) is 30.1 Å². The van der Waals surface area contributed by atoms with Crippen molar-refractivity contribution in [1.82, 2.24) is 25.1 Å². The number of nitrogens with zero attached hydrogens (tertiary/aromatic N) is 4. The summed E-state index contributed by atoms with van der Waals surface area (Å²) in [6.07, 6.45) is 3.07. The highest BCUT2D eigenvalue weighted by molar-refractivity contribution is 5.92. The van der Waals surface area contributed by atoms with Crippen molar-refractivity contribution in [3.8, 4) is 0 Å². The van der Waals surface area contributed by atoms with E-state index < -0.39 is 0 Å². The summed E-state index contributed by atoms with van der Waals surface area (Å²) >= 11 is 0. The van der Waals surface area contributed by atoms with Gasteiger partial charge in [0.1, 0.15) is 17.7 Å². The van der Waals surface area contributed by atoms with Gasteiger partial charge < -0.3 is 20.1 Å². The van der Waals surface area contributed by atoms with E-state index in [1.54, 1.807) is 7.11 Å². The van der Waals surface area contributed by atoms with Crippen LogP contribution in [-0.2, 0) is 20.8 Å². The molecule has 0 radical (unpaired) electrons. The Labute approximate surface area is 201 Å². The highest BCUT2D eigenvalue weighted by atomic mass is 16.7. The van der Waals surface area contributed by atoms with Crippen LogP contribution in [0.1, 0.15) is 38.9 Å². The predicted molar refractivity (Wildman–Crippen MR) is 130 cm³/mol. The molecule has 0 spiro atoms. The summed E-state index contributed by atoms with van der Waals surface area (Å²) in [5.41, 5.74) is 0.899. The van der Waals surface area contributed by atoms with Gasteiger partial charge in [-0.3, -0.25) is 14.6 Å². The van der Waals surface area contributed by atoms with E-state index in [4.69, 9.17) is 19.4 Å². The van der Waals surface area contributed by atoms with Crippen molar-refractivity contribution >= 4 is 22.6 Å². The number of rotatable bonds is 4. The zero-order valence-electron chi connectivity index (χ0n) is 20.4. The Bertz CT molecular complexity index is 1020. The molecule has 2 saturated heterocycles. The number of para-hydroxylation sites is 1. The van der Waals surface area contributed by atoms with Crippen LogP contribution in [0.3, 0.4) is 0 Å². The van der Waals surface area contributed by atoms with E-state index in [9.17, 15) is 4.79 Å². The minimum Gasteiger partial charge on any atom is -0.358 e. The Morgan fingerprint density at radius 2 is 2.03 bits per heavy atom. The van der Waals surface area contributed by atoms with Crippen LogP contribution in [0.2, 0.25) is 0 Å². The van der Waals surface area contributed by atoms with Gasteiger partial charge in [0, 0.05) is 38.7 Å². The molecule has 0 saturated carbocycles. The van der Waals surface area contributed by atoms with Gasteiger partial charge >= 0.3 is 0 Å². The Morgan fingerprint density at radius 3 is 2.85 bits per heavy atom. The molecule has 4 atom stereocenters. The van der Waals surface area contributed by atoms with E-state index in [0.29, 0.717) is 6.54 Å². The molecule has 1 amide bonds. The molecular formula is C25H36N6O3. The molecule has 1 aromatic heterocycles. The summed E-state index contributed by atoms with van der Waals surface area (Å²) in [4.78, 5) is 27.8. The quantitative estimate of drug-likeness (QED) is 0.706. The number of amides is 1. The third-order valence-corrected chi connectivity index (χ3v) is 7.15. The first kappa shape index (κ1) is 23.4. The fourth-order valence-electron chi connectivity index (χ4n) is 5.25. The average molecular weight is 469 g/mol.